The van der Waals surface area contributed by atoms with Gasteiger partial charge in [-0.15, -0.1) is 0 Å². The molecule has 0 saturated carbocycles. The van der Waals surface area contributed by atoms with Crippen LogP contribution in [0.25, 0.3) is 0 Å². The van der Waals surface area contributed by atoms with Crippen LogP contribution in [0.15, 0.2) is 22.7 Å². The van der Waals surface area contributed by atoms with Crippen molar-refractivity contribution in [3.8, 4) is 0 Å². The highest BCUT2D eigenvalue weighted by molar-refractivity contribution is 9.10. The average molecular weight is 304 g/mol. The van der Waals surface area contributed by atoms with E-state index >= 15 is 0 Å². The number of hydrogen-bond acceptors (Lipinski definition) is 2. The standard InChI is InChI=1S/C13H19BrFNO/c1-17-9-8-16-7-3-2-4-11-10-12(14)5-6-13(11)15/h5-6,10,16H,2-4,7-9H2,1H3. The van der Waals surface area contributed by atoms with Crippen molar-refractivity contribution >= 4 is 15.9 Å². The van der Waals surface area contributed by atoms with Crippen LogP contribution in [0.3, 0.4) is 0 Å². The number of halogens is 2. The normalized spacial score (nSPS) is 10.8. The second-order valence-corrected chi connectivity index (χ2v) is 4.85. The number of ether oxygens (including phenoxy) is 1. The summed E-state index contributed by atoms with van der Waals surface area (Å²) in [6.07, 6.45) is 2.83. The van der Waals surface area contributed by atoms with E-state index < -0.39 is 0 Å². The van der Waals surface area contributed by atoms with Crippen LogP contribution in [-0.4, -0.2) is 26.8 Å². The van der Waals surface area contributed by atoms with Gasteiger partial charge < -0.3 is 10.1 Å². The van der Waals surface area contributed by atoms with Gasteiger partial charge in [-0.3, -0.25) is 0 Å². The Hall–Kier alpha value is -0.450. The molecule has 1 aromatic rings. The molecule has 2 nitrogen and oxygen atoms in total. The summed E-state index contributed by atoms with van der Waals surface area (Å²) in [6.45, 7) is 2.57. The van der Waals surface area contributed by atoms with Gasteiger partial charge in [0.15, 0.2) is 0 Å². The molecule has 0 atom stereocenters. The molecule has 4 heteroatoms. The topological polar surface area (TPSA) is 21.3 Å². The number of nitrogens with one attached hydrogen (secondary N) is 1. The molecule has 0 aromatic heterocycles. The lowest BCUT2D eigenvalue weighted by atomic mass is 10.1. The van der Waals surface area contributed by atoms with Crippen molar-refractivity contribution in [3.63, 3.8) is 0 Å². The molecule has 0 aliphatic heterocycles. The molecule has 96 valence electrons. The van der Waals surface area contributed by atoms with Crippen molar-refractivity contribution in [2.24, 2.45) is 0 Å². The van der Waals surface area contributed by atoms with E-state index in [4.69, 9.17) is 4.74 Å². The fraction of sp³-hybridized carbons (Fsp3) is 0.538. The van der Waals surface area contributed by atoms with E-state index in [2.05, 4.69) is 21.2 Å². The van der Waals surface area contributed by atoms with Gasteiger partial charge >= 0.3 is 0 Å². The van der Waals surface area contributed by atoms with Crippen LogP contribution in [0.5, 0.6) is 0 Å². The summed E-state index contributed by atoms with van der Waals surface area (Å²) >= 11 is 3.35. The summed E-state index contributed by atoms with van der Waals surface area (Å²) in [4.78, 5) is 0. The van der Waals surface area contributed by atoms with Gasteiger partial charge in [-0.25, -0.2) is 4.39 Å². The monoisotopic (exact) mass is 303 g/mol. The maximum absolute atomic E-state index is 13.4. The molecule has 0 aliphatic rings. The van der Waals surface area contributed by atoms with Gasteiger partial charge in [-0.1, -0.05) is 15.9 Å². The van der Waals surface area contributed by atoms with Gasteiger partial charge in [0.1, 0.15) is 5.82 Å². The largest absolute Gasteiger partial charge is 0.383 e. The number of rotatable bonds is 8. The Morgan fingerprint density at radius 3 is 2.88 bits per heavy atom. The molecular formula is C13H19BrFNO. The van der Waals surface area contributed by atoms with E-state index in [1.807, 2.05) is 6.07 Å². The molecule has 17 heavy (non-hydrogen) atoms. The third-order valence-electron chi connectivity index (χ3n) is 2.54. The molecule has 0 aliphatic carbocycles. The van der Waals surface area contributed by atoms with Gasteiger partial charge in [0.25, 0.3) is 0 Å². The number of hydrogen-bond donors (Lipinski definition) is 1. The van der Waals surface area contributed by atoms with Crippen molar-refractivity contribution in [1.82, 2.24) is 5.32 Å². The first-order valence-electron chi connectivity index (χ1n) is 5.87. The minimum Gasteiger partial charge on any atom is -0.383 e. The zero-order chi connectivity index (χ0) is 12.5. The molecule has 0 heterocycles. The first-order chi connectivity index (χ1) is 8.24. The number of benzene rings is 1. The lowest BCUT2D eigenvalue weighted by Crippen LogP contribution is -2.20. The van der Waals surface area contributed by atoms with E-state index in [0.29, 0.717) is 0 Å². The highest BCUT2D eigenvalue weighted by Crippen LogP contribution is 2.17. The average Bonchev–Trinajstić information content (AvgIpc) is 2.32. The van der Waals surface area contributed by atoms with E-state index in [-0.39, 0.29) is 5.82 Å². The number of unbranched alkanes of at least 4 members (excludes halogenated alkanes) is 1. The zero-order valence-electron chi connectivity index (χ0n) is 10.1. The molecule has 0 unspecified atom stereocenters. The smallest absolute Gasteiger partial charge is 0.126 e. The van der Waals surface area contributed by atoms with Crippen molar-refractivity contribution in [1.29, 1.82) is 0 Å². The zero-order valence-corrected chi connectivity index (χ0v) is 11.7. The molecule has 0 saturated heterocycles. The molecule has 1 aromatic carbocycles. The van der Waals surface area contributed by atoms with Crippen molar-refractivity contribution in [3.05, 3.63) is 34.1 Å². The maximum Gasteiger partial charge on any atom is 0.126 e. The van der Waals surface area contributed by atoms with E-state index in [1.54, 1.807) is 13.2 Å². The quantitative estimate of drug-likeness (QED) is 0.745. The van der Waals surface area contributed by atoms with E-state index in [0.717, 1.165) is 49.0 Å². The van der Waals surface area contributed by atoms with E-state index in [1.165, 1.54) is 6.07 Å². The second kappa shape index (κ2) is 8.61. The van der Waals surface area contributed by atoms with Crippen molar-refractivity contribution in [2.45, 2.75) is 19.3 Å². The summed E-state index contributed by atoms with van der Waals surface area (Å²) < 4.78 is 19.3. The second-order valence-electron chi connectivity index (χ2n) is 3.94. The molecule has 0 bridgehead atoms. The predicted molar refractivity (Wildman–Crippen MR) is 71.8 cm³/mol. The first-order valence-corrected chi connectivity index (χ1v) is 6.67. The van der Waals surface area contributed by atoms with Crippen LogP contribution in [0.1, 0.15) is 18.4 Å². The summed E-state index contributed by atoms with van der Waals surface area (Å²) in [5, 5.41) is 3.27. The maximum atomic E-state index is 13.4. The van der Waals surface area contributed by atoms with Crippen LogP contribution in [0.2, 0.25) is 0 Å². The first kappa shape index (κ1) is 14.6. The Bertz CT molecular complexity index is 333. The van der Waals surface area contributed by atoms with Crippen LogP contribution in [0.4, 0.5) is 4.39 Å². The molecule has 0 amide bonds. The molecule has 1 N–H and O–H groups in total. The van der Waals surface area contributed by atoms with Crippen LogP contribution >= 0.6 is 15.9 Å². The Kier molecular flexibility index (Phi) is 7.40. The highest BCUT2D eigenvalue weighted by Gasteiger charge is 2.02. The minimum absolute atomic E-state index is 0.111. The van der Waals surface area contributed by atoms with Crippen LogP contribution in [0, 0.1) is 5.82 Å². The van der Waals surface area contributed by atoms with Crippen LogP contribution < -0.4 is 5.32 Å². The Morgan fingerprint density at radius 2 is 2.12 bits per heavy atom. The summed E-state index contributed by atoms with van der Waals surface area (Å²) in [7, 11) is 1.69. The molecular weight excluding hydrogens is 285 g/mol. The van der Waals surface area contributed by atoms with Crippen molar-refractivity contribution < 1.29 is 9.13 Å². The van der Waals surface area contributed by atoms with Gasteiger partial charge in [-0.05, 0) is 49.6 Å². The van der Waals surface area contributed by atoms with Gasteiger partial charge in [0.05, 0.1) is 6.61 Å². The van der Waals surface area contributed by atoms with Gasteiger partial charge in [0, 0.05) is 18.1 Å². The minimum atomic E-state index is -0.111. The molecule has 0 fully saturated rings. The summed E-state index contributed by atoms with van der Waals surface area (Å²) in [6, 6.07) is 5.09. The lowest BCUT2D eigenvalue weighted by Gasteiger charge is -2.05. The summed E-state index contributed by atoms with van der Waals surface area (Å²) in [5.74, 6) is -0.111. The van der Waals surface area contributed by atoms with Crippen molar-refractivity contribution in [2.75, 3.05) is 26.8 Å². The van der Waals surface area contributed by atoms with Gasteiger partial charge in [0.2, 0.25) is 0 Å². The van der Waals surface area contributed by atoms with Crippen LogP contribution in [-0.2, 0) is 11.2 Å². The summed E-state index contributed by atoms with van der Waals surface area (Å²) in [5.41, 5.74) is 0.788. The fourth-order valence-corrected chi connectivity index (χ4v) is 2.01. The number of aryl methyl sites for hydroxylation is 1. The number of methoxy groups -OCH3 is 1. The Labute approximate surface area is 111 Å². The molecule has 0 spiro atoms. The predicted octanol–water partition coefficient (Wildman–Crippen LogP) is 3.15. The highest BCUT2D eigenvalue weighted by atomic mass is 79.9. The van der Waals surface area contributed by atoms with Gasteiger partial charge in [-0.2, -0.15) is 0 Å². The molecule has 0 radical (unpaired) electrons. The molecule has 1 rings (SSSR count). The SMILES string of the molecule is COCCNCCCCc1cc(Br)ccc1F. The lowest BCUT2D eigenvalue weighted by molar-refractivity contribution is 0.199. The Morgan fingerprint density at radius 1 is 1.29 bits per heavy atom. The Balaban J connectivity index is 2.15. The third kappa shape index (κ3) is 6.15. The van der Waals surface area contributed by atoms with E-state index in [9.17, 15) is 4.39 Å². The fourth-order valence-electron chi connectivity index (χ4n) is 1.60. The third-order valence-corrected chi connectivity index (χ3v) is 3.03.